The van der Waals surface area contributed by atoms with Crippen LogP contribution in [0.3, 0.4) is 0 Å². The molecule has 0 spiro atoms. The van der Waals surface area contributed by atoms with Gasteiger partial charge in [-0.1, -0.05) is 36.4 Å². The Balaban J connectivity index is 1.68. The van der Waals surface area contributed by atoms with Crippen molar-refractivity contribution in [2.24, 2.45) is 5.10 Å². The number of likely N-dealkylation sites (N-methyl/N-ethyl adjacent to an activating group) is 1. The highest BCUT2D eigenvalue weighted by Crippen LogP contribution is 2.21. The molecule has 0 fully saturated rings. The average Bonchev–Trinajstić information content (AvgIpc) is 3.14. The lowest BCUT2D eigenvalue weighted by Gasteiger charge is -2.16. The minimum atomic E-state index is -3.77. The fraction of sp³-hybridized carbons (Fsp3) is 0.111. The number of sulfonamides is 1. The number of fused-ring (bicyclic) bond motifs is 1. The summed E-state index contributed by atoms with van der Waals surface area (Å²) < 4.78 is 26.4. The lowest BCUT2D eigenvalue weighted by molar-refractivity contribution is -0.121. The van der Waals surface area contributed by atoms with Gasteiger partial charge in [0.1, 0.15) is 0 Å². The third-order valence-electron chi connectivity index (χ3n) is 3.72. The Hall–Kier alpha value is -2.55. The molecule has 3 aromatic rings. The van der Waals surface area contributed by atoms with Crippen LogP contribution in [0, 0.1) is 0 Å². The highest BCUT2D eigenvalue weighted by Gasteiger charge is 2.23. The van der Waals surface area contributed by atoms with E-state index in [9.17, 15) is 13.2 Å². The zero-order valence-corrected chi connectivity index (χ0v) is 15.6. The van der Waals surface area contributed by atoms with E-state index >= 15 is 0 Å². The molecule has 0 unspecified atom stereocenters. The maximum absolute atomic E-state index is 12.7. The highest BCUT2D eigenvalue weighted by atomic mass is 32.2. The number of hydrazone groups is 1. The van der Waals surface area contributed by atoms with Crippen molar-refractivity contribution in [1.29, 1.82) is 0 Å². The van der Waals surface area contributed by atoms with Gasteiger partial charge in [-0.15, -0.1) is 11.3 Å². The van der Waals surface area contributed by atoms with Crippen LogP contribution in [-0.2, 0) is 14.8 Å². The third-order valence-corrected chi connectivity index (χ3v) is 6.33. The quantitative estimate of drug-likeness (QED) is 0.522. The molecule has 26 heavy (non-hydrogen) atoms. The predicted molar refractivity (Wildman–Crippen MR) is 104 cm³/mol. The Labute approximate surface area is 155 Å². The van der Waals surface area contributed by atoms with Crippen molar-refractivity contribution in [3.63, 3.8) is 0 Å². The molecule has 6 nitrogen and oxygen atoms in total. The van der Waals surface area contributed by atoms with Crippen molar-refractivity contribution in [3.05, 3.63) is 64.9 Å². The maximum Gasteiger partial charge on any atom is 0.255 e. The summed E-state index contributed by atoms with van der Waals surface area (Å²) in [5.74, 6) is -0.510. The normalized spacial score (nSPS) is 12.1. The van der Waals surface area contributed by atoms with Gasteiger partial charge in [0.15, 0.2) is 0 Å². The van der Waals surface area contributed by atoms with Gasteiger partial charge >= 0.3 is 0 Å². The summed E-state index contributed by atoms with van der Waals surface area (Å²) in [7, 11) is -2.40. The fourth-order valence-electron chi connectivity index (χ4n) is 2.36. The van der Waals surface area contributed by atoms with Crippen LogP contribution in [0.5, 0.6) is 0 Å². The van der Waals surface area contributed by atoms with Crippen LogP contribution >= 0.6 is 11.3 Å². The summed E-state index contributed by atoms with van der Waals surface area (Å²) in [6.07, 6.45) is 1.51. The Morgan fingerprint density at radius 2 is 1.92 bits per heavy atom. The Kier molecular flexibility index (Phi) is 5.46. The van der Waals surface area contributed by atoms with Crippen molar-refractivity contribution in [2.45, 2.75) is 4.90 Å². The number of hydrogen-bond donors (Lipinski definition) is 1. The summed E-state index contributed by atoms with van der Waals surface area (Å²) in [6, 6.07) is 16.1. The monoisotopic (exact) mass is 387 g/mol. The van der Waals surface area contributed by atoms with Gasteiger partial charge in [0.2, 0.25) is 10.0 Å². The predicted octanol–water partition coefficient (Wildman–Crippen LogP) is 2.67. The first-order chi connectivity index (χ1) is 12.5. The number of hydrogen-bond acceptors (Lipinski definition) is 5. The Morgan fingerprint density at radius 1 is 1.15 bits per heavy atom. The van der Waals surface area contributed by atoms with Crippen molar-refractivity contribution in [3.8, 4) is 0 Å². The van der Waals surface area contributed by atoms with E-state index in [0.717, 1.165) is 20.0 Å². The standard InChI is InChI=1S/C18H17N3O3S2/c1-21(13-18(22)20-19-12-16-7-4-10-25-16)26(23,24)17-9-8-14-5-2-3-6-15(14)11-17/h2-12H,13H2,1H3,(H,20,22)/b19-12-. The van der Waals surface area contributed by atoms with Gasteiger partial charge in [0.25, 0.3) is 5.91 Å². The summed E-state index contributed by atoms with van der Waals surface area (Å²) in [4.78, 5) is 13.0. The first-order valence-electron chi connectivity index (χ1n) is 7.77. The average molecular weight is 387 g/mol. The minimum absolute atomic E-state index is 0.147. The van der Waals surface area contributed by atoms with Crippen LogP contribution in [0.15, 0.2) is 70.0 Å². The molecule has 1 N–H and O–H groups in total. The van der Waals surface area contributed by atoms with Crippen LogP contribution in [0.1, 0.15) is 4.88 Å². The molecule has 134 valence electrons. The van der Waals surface area contributed by atoms with E-state index < -0.39 is 15.9 Å². The zero-order valence-electron chi connectivity index (χ0n) is 14.0. The van der Waals surface area contributed by atoms with Gasteiger partial charge in [-0.3, -0.25) is 4.79 Å². The molecule has 0 aliphatic heterocycles. The molecule has 1 amide bonds. The van der Waals surface area contributed by atoms with E-state index in [1.807, 2.05) is 41.8 Å². The lowest BCUT2D eigenvalue weighted by atomic mass is 10.1. The van der Waals surface area contributed by atoms with Gasteiger partial charge < -0.3 is 0 Å². The maximum atomic E-state index is 12.7. The van der Waals surface area contributed by atoms with Crippen molar-refractivity contribution >= 4 is 44.3 Å². The molecule has 0 aliphatic carbocycles. The number of amides is 1. The van der Waals surface area contributed by atoms with Gasteiger partial charge in [0.05, 0.1) is 17.7 Å². The summed E-state index contributed by atoms with van der Waals surface area (Å²) in [5.41, 5.74) is 2.34. The lowest BCUT2D eigenvalue weighted by Crippen LogP contribution is -2.36. The molecule has 2 aromatic carbocycles. The Bertz CT molecular complexity index is 1040. The number of carbonyl (C=O) groups is 1. The van der Waals surface area contributed by atoms with E-state index in [4.69, 9.17) is 0 Å². The molecule has 1 heterocycles. The number of rotatable bonds is 6. The smallest absolute Gasteiger partial charge is 0.255 e. The van der Waals surface area contributed by atoms with Crippen LogP contribution in [-0.4, -0.2) is 38.4 Å². The van der Waals surface area contributed by atoms with Crippen molar-refractivity contribution in [2.75, 3.05) is 13.6 Å². The molecule has 1 aromatic heterocycles. The largest absolute Gasteiger partial charge is 0.272 e. The fourth-order valence-corrected chi connectivity index (χ4v) is 4.11. The first kappa shape index (κ1) is 18.2. The topological polar surface area (TPSA) is 78.8 Å². The Morgan fingerprint density at radius 3 is 2.65 bits per heavy atom. The van der Waals surface area contributed by atoms with E-state index in [-0.39, 0.29) is 11.4 Å². The summed E-state index contributed by atoms with van der Waals surface area (Å²) in [6.45, 7) is -0.322. The van der Waals surface area contributed by atoms with Gasteiger partial charge in [-0.2, -0.15) is 9.41 Å². The van der Waals surface area contributed by atoms with Crippen molar-refractivity contribution < 1.29 is 13.2 Å². The zero-order chi connectivity index (χ0) is 18.6. The second-order valence-corrected chi connectivity index (χ2v) is 8.60. The van der Waals surface area contributed by atoms with Gasteiger partial charge in [0, 0.05) is 11.9 Å². The molecule has 0 radical (unpaired) electrons. The molecule has 3 rings (SSSR count). The molecule has 0 aliphatic rings. The first-order valence-corrected chi connectivity index (χ1v) is 10.1. The second-order valence-electron chi connectivity index (χ2n) is 5.58. The number of carbonyl (C=O) groups excluding carboxylic acids is 1. The van der Waals surface area contributed by atoms with E-state index in [1.54, 1.807) is 18.2 Å². The minimum Gasteiger partial charge on any atom is -0.272 e. The number of benzene rings is 2. The van der Waals surface area contributed by atoms with Crippen molar-refractivity contribution in [1.82, 2.24) is 9.73 Å². The number of nitrogens with zero attached hydrogens (tertiary/aromatic N) is 2. The third kappa shape index (κ3) is 4.16. The second kappa shape index (κ2) is 7.77. The van der Waals surface area contributed by atoms with E-state index in [0.29, 0.717) is 0 Å². The van der Waals surface area contributed by atoms with E-state index in [1.165, 1.54) is 24.6 Å². The SMILES string of the molecule is CN(CC(=O)N/N=C\c1cccs1)S(=O)(=O)c1ccc2ccccc2c1. The summed E-state index contributed by atoms with van der Waals surface area (Å²) >= 11 is 1.48. The molecule has 8 heteroatoms. The van der Waals surface area contributed by atoms with Crippen LogP contribution in [0.25, 0.3) is 10.8 Å². The molecule has 0 atom stereocenters. The molecular formula is C18H17N3O3S2. The van der Waals surface area contributed by atoms with E-state index in [2.05, 4.69) is 10.5 Å². The van der Waals surface area contributed by atoms with Crippen LogP contribution in [0.2, 0.25) is 0 Å². The number of thiophene rings is 1. The summed E-state index contributed by atoms with van der Waals surface area (Å²) in [5, 5.41) is 7.50. The molecule has 0 saturated heterocycles. The molecule has 0 bridgehead atoms. The van der Waals surface area contributed by atoms with Gasteiger partial charge in [-0.25, -0.2) is 13.8 Å². The van der Waals surface area contributed by atoms with Gasteiger partial charge in [-0.05, 0) is 34.4 Å². The highest BCUT2D eigenvalue weighted by molar-refractivity contribution is 7.89. The van der Waals surface area contributed by atoms with Crippen LogP contribution < -0.4 is 5.43 Å². The molecule has 0 saturated carbocycles. The molecular weight excluding hydrogens is 370 g/mol. The number of nitrogens with one attached hydrogen (secondary N) is 1. The van der Waals surface area contributed by atoms with Crippen LogP contribution in [0.4, 0.5) is 0 Å².